The van der Waals surface area contributed by atoms with Gasteiger partial charge in [0.2, 0.25) is 0 Å². The van der Waals surface area contributed by atoms with Crippen LogP contribution in [0.5, 0.6) is 0 Å². The van der Waals surface area contributed by atoms with Gasteiger partial charge in [0.1, 0.15) is 0 Å². The highest BCUT2D eigenvalue weighted by atomic mass is 35.5. The second-order valence-electron chi connectivity index (χ2n) is 3.73. The molecule has 3 nitrogen and oxygen atoms in total. The molecule has 18 heavy (non-hydrogen) atoms. The second kappa shape index (κ2) is 5.02. The summed E-state index contributed by atoms with van der Waals surface area (Å²) in [4.78, 5) is 22.0. The van der Waals surface area contributed by atoms with Crippen LogP contribution < -0.4 is 0 Å². The minimum absolute atomic E-state index is 0.153. The molecule has 0 aliphatic rings. The zero-order valence-corrected chi connectivity index (χ0v) is 10.0. The highest BCUT2D eigenvalue weighted by molar-refractivity contribution is 6.40. The Labute approximate surface area is 109 Å². The van der Waals surface area contributed by atoms with Crippen molar-refractivity contribution in [2.75, 3.05) is 0 Å². The zero-order chi connectivity index (χ0) is 13.1. The van der Waals surface area contributed by atoms with Crippen LogP contribution in [0, 0.1) is 0 Å². The minimum Gasteiger partial charge on any atom is -0.475 e. The van der Waals surface area contributed by atoms with Crippen molar-refractivity contribution < 1.29 is 14.7 Å². The molecule has 90 valence electrons. The number of carbonyl (C=O) groups excluding carboxylic acids is 1. The van der Waals surface area contributed by atoms with Crippen LogP contribution >= 0.6 is 11.6 Å². The first-order chi connectivity index (χ1) is 8.58. The molecule has 4 heteroatoms. The number of ketones is 1. The van der Waals surface area contributed by atoms with Crippen molar-refractivity contribution in [2.45, 2.75) is 0 Å². The van der Waals surface area contributed by atoms with Gasteiger partial charge in [0, 0.05) is 10.6 Å². The van der Waals surface area contributed by atoms with Crippen LogP contribution in [-0.4, -0.2) is 16.9 Å². The van der Waals surface area contributed by atoms with Crippen LogP contribution in [0.2, 0.25) is 5.02 Å². The molecular weight excluding hydrogens is 252 g/mol. The number of carboxylic acids is 1. The number of halogens is 1. The largest absolute Gasteiger partial charge is 0.475 e. The van der Waals surface area contributed by atoms with E-state index in [9.17, 15) is 9.59 Å². The van der Waals surface area contributed by atoms with E-state index in [-0.39, 0.29) is 5.56 Å². The Morgan fingerprint density at radius 1 is 0.944 bits per heavy atom. The topological polar surface area (TPSA) is 54.4 Å². The van der Waals surface area contributed by atoms with Gasteiger partial charge in [-0.3, -0.25) is 4.79 Å². The maximum absolute atomic E-state index is 11.4. The smallest absolute Gasteiger partial charge is 0.377 e. The van der Waals surface area contributed by atoms with E-state index in [1.54, 1.807) is 36.4 Å². The summed E-state index contributed by atoms with van der Waals surface area (Å²) in [7, 11) is 0. The molecule has 0 spiro atoms. The van der Waals surface area contributed by atoms with Crippen LogP contribution in [-0.2, 0) is 4.79 Å². The molecule has 0 aromatic heterocycles. The first-order valence-corrected chi connectivity index (χ1v) is 5.59. The van der Waals surface area contributed by atoms with Crippen molar-refractivity contribution in [3.05, 3.63) is 59.1 Å². The van der Waals surface area contributed by atoms with E-state index in [2.05, 4.69) is 0 Å². The molecule has 0 atom stereocenters. The molecule has 0 unspecified atom stereocenters. The van der Waals surface area contributed by atoms with E-state index >= 15 is 0 Å². The number of benzene rings is 2. The van der Waals surface area contributed by atoms with Gasteiger partial charge in [-0.15, -0.1) is 0 Å². The molecule has 0 aliphatic carbocycles. The summed E-state index contributed by atoms with van der Waals surface area (Å²) in [6.45, 7) is 0. The van der Waals surface area contributed by atoms with Crippen LogP contribution in [0.3, 0.4) is 0 Å². The molecule has 0 heterocycles. The van der Waals surface area contributed by atoms with E-state index in [4.69, 9.17) is 16.7 Å². The highest BCUT2D eigenvalue weighted by Crippen LogP contribution is 2.23. The molecule has 0 aliphatic heterocycles. The molecule has 0 fully saturated rings. The lowest BCUT2D eigenvalue weighted by Crippen LogP contribution is -2.12. The second-order valence-corrected chi connectivity index (χ2v) is 4.16. The van der Waals surface area contributed by atoms with E-state index in [1.807, 2.05) is 6.07 Å². The summed E-state index contributed by atoms with van der Waals surface area (Å²) in [6.07, 6.45) is 0. The molecule has 2 aromatic carbocycles. The molecular formula is C14H9ClO3. The Balaban J connectivity index is 2.45. The molecule has 1 N–H and O–H groups in total. The SMILES string of the molecule is O=C(O)C(=O)c1cccc(-c2cccc(Cl)c2)c1. The van der Waals surface area contributed by atoms with Gasteiger partial charge < -0.3 is 5.11 Å². The summed E-state index contributed by atoms with van der Waals surface area (Å²) < 4.78 is 0. The van der Waals surface area contributed by atoms with Crippen LogP contribution in [0.25, 0.3) is 11.1 Å². The first-order valence-electron chi connectivity index (χ1n) is 5.21. The Hall–Kier alpha value is -2.13. The van der Waals surface area contributed by atoms with Gasteiger partial charge in [-0.05, 0) is 29.3 Å². The van der Waals surface area contributed by atoms with Crippen molar-refractivity contribution in [2.24, 2.45) is 0 Å². The summed E-state index contributed by atoms with van der Waals surface area (Å²) in [5.74, 6) is -2.38. The van der Waals surface area contributed by atoms with Crippen molar-refractivity contribution in [1.82, 2.24) is 0 Å². The molecule has 0 saturated heterocycles. The normalized spacial score (nSPS) is 10.1. The summed E-state index contributed by atoms with van der Waals surface area (Å²) >= 11 is 5.89. The monoisotopic (exact) mass is 260 g/mol. The number of carboxylic acid groups (broad SMARTS) is 1. The summed E-state index contributed by atoms with van der Waals surface area (Å²) in [6, 6.07) is 13.6. The lowest BCUT2D eigenvalue weighted by atomic mass is 10.0. The Morgan fingerprint density at radius 2 is 1.56 bits per heavy atom. The third kappa shape index (κ3) is 2.57. The fourth-order valence-corrected chi connectivity index (χ4v) is 1.82. The van der Waals surface area contributed by atoms with E-state index in [0.29, 0.717) is 5.02 Å². The fourth-order valence-electron chi connectivity index (χ4n) is 1.63. The highest BCUT2D eigenvalue weighted by Gasteiger charge is 2.14. The van der Waals surface area contributed by atoms with Crippen LogP contribution in [0.15, 0.2) is 48.5 Å². The van der Waals surface area contributed by atoms with Crippen molar-refractivity contribution in [3.63, 3.8) is 0 Å². The summed E-state index contributed by atoms with van der Waals surface area (Å²) in [5, 5.41) is 9.26. The molecule has 2 aromatic rings. The van der Waals surface area contributed by atoms with Crippen molar-refractivity contribution in [1.29, 1.82) is 0 Å². The quantitative estimate of drug-likeness (QED) is 0.681. The maximum Gasteiger partial charge on any atom is 0.377 e. The predicted octanol–water partition coefficient (Wildman–Crippen LogP) is 3.27. The van der Waals surface area contributed by atoms with Crippen molar-refractivity contribution in [3.8, 4) is 11.1 Å². The van der Waals surface area contributed by atoms with Crippen LogP contribution in [0.1, 0.15) is 10.4 Å². The summed E-state index contributed by atoms with van der Waals surface area (Å²) in [5.41, 5.74) is 1.74. The van der Waals surface area contributed by atoms with E-state index in [0.717, 1.165) is 11.1 Å². The third-order valence-electron chi connectivity index (χ3n) is 2.48. The lowest BCUT2D eigenvalue weighted by molar-refractivity contribution is -0.131. The number of rotatable bonds is 3. The average molecular weight is 261 g/mol. The standard InChI is InChI=1S/C14H9ClO3/c15-12-6-2-4-10(8-12)9-3-1-5-11(7-9)13(16)14(17)18/h1-8H,(H,17,18). The number of hydrogen-bond donors (Lipinski definition) is 1. The minimum atomic E-state index is -1.46. The van der Waals surface area contributed by atoms with Gasteiger partial charge in [0.05, 0.1) is 0 Å². The first kappa shape index (κ1) is 12.3. The number of aliphatic carboxylic acids is 1. The number of Topliss-reactive ketones (excluding diaryl/α,β-unsaturated/α-hetero) is 1. The van der Waals surface area contributed by atoms with Gasteiger partial charge >= 0.3 is 5.97 Å². The molecule has 0 radical (unpaired) electrons. The molecule has 0 saturated carbocycles. The van der Waals surface area contributed by atoms with Gasteiger partial charge in [-0.2, -0.15) is 0 Å². The van der Waals surface area contributed by atoms with Gasteiger partial charge in [-0.1, -0.05) is 41.9 Å². The van der Waals surface area contributed by atoms with Gasteiger partial charge in [0.25, 0.3) is 5.78 Å². The fraction of sp³-hybridized carbons (Fsp3) is 0. The Morgan fingerprint density at radius 3 is 2.17 bits per heavy atom. The average Bonchev–Trinajstić information content (AvgIpc) is 2.38. The van der Waals surface area contributed by atoms with E-state index < -0.39 is 11.8 Å². The van der Waals surface area contributed by atoms with Crippen molar-refractivity contribution >= 4 is 23.4 Å². The Kier molecular flexibility index (Phi) is 3.44. The molecule has 2 rings (SSSR count). The van der Waals surface area contributed by atoms with Crippen LogP contribution in [0.4, 0.5) is 0 Å². The van der Waals surface area contributed by atoms with E-state index in [1.165, 1.54) is 6.07 Å². The predicted molar refractivity (Wildman–Crippen MR) is 68.9 cm³/mol. The number of carbonyl (C=O) groups is 2. The van der Waals surface area contributed by atoms with Gasteiger partial charge in [-0.25, -0.2) is 4.79 Å². The lowest BCUT2D eigenvalue weighted by Gasteiger charge is -2.04. The zero-order valence-electron chi connectivity index (χ0n) is 9.26. The molecule has 0 bridgehead atoms. The van der Waals surface area contributed by atoms with Gasteiger partial charge in [0.15, 0.2) is 0 Å². The maximum atomic E-state index is 11.4. The molecule has 0 amide bonds. The number of hydrogen-bond acceptors (Lipinski definition) is 2. The third-order valence-corrected chi connectivity index (χ3v) is 2.71. The Bertz CT molecular complexity index is 620.